The molecule has 4 heteroatoms. The lowest BCUT2D eigenvalue weighted by Crippen LogP contribution is -2.39. The maximum absolute atomic E-state index is 5.94. The Morgan fingerprint density at radius 2 is 1.61 bits per heavy atom. The van der Waals surface area contributed by atoms with Crippen molar-refractivity contribution < 1.29 is 4.74 Å². The van der Waals surface area contributed by atoms with E-state index in [0.717, 1.165) is 30.7 Å². The van der Waals surface area contributed by atoms with Gasteiger partial charge in [0.05, 0.1) is 6.61 Å². The fraction of sp³-hybridized carbons (Fsp3) is 0.448. The summed E-state index contributed by atoms with van der Waals surface area (Å²) < 4.78 is 5.94. The van der Waals surface area contributed by atoms with Crippen LogP contribution in [0.25, 0.3) is 0 Å². The molecule has 0 saturated carbocycles. The first-order valence-electron chi connectivity index (χ1n) is 12.5. The van der Waals surface area contributed by atoms with Gasteiger partial charge in [-0.2, -0.15) is 11.3 Å². The molecule has 33 heavy (non-hydrogen) atoms. The van der Waals surface area contributed by atoms with Gasteiger partial charge in [-0.25, -0.2) is 0 Å². The zero-order chi connectivity index (χ0) is 22.3. The second-order valence-electron chi connectivity index (χ2n) is 9.80. The minimum absolute atomic E-state index is 0.664. The highest BCUT2D eigenvalue weighted by Gasteiger charge is 2.35. The zero-order valence-electron chi connectivity index (χ0n) is 19.5. The van der Waals surface area contributed by atoms with Gasteiger partial charge in [0, 0.05) is 32.1 Å². The first-order valence-corrected chi connectivity index (χ1v) is 13.5. The number of rotatable bonds is 9. The van der Waals surface area contributed by atoms with Crippen LogP contribution in [0.3, 0.4) is 0 Å². The molecule has 0 aliphatic carbocycles. The molecule has 3 aromatic rings. The number of piperidine rings is 1. The Morgan fingerprint density at radius 3 is 2.33 bits per heavy atom. The van der Waals surface area contributed by atoms with Crippen LogP contribution in [0.4, 0.5) is 0 Å². The molecular weight excluding hydrogens is 424 g/mol. The Bertz CT molecular complexity index is 938. The van der Waals surface area contributed by atoms with E-state index in [2.05, 4.69) is 69.1 Å². The summed E-state index contributed by atoms with van der Waals surface area (Å²) in [5.74, 6) is 3.18. The lowest BCUT2D eigenvalue weighted by Gasteiger charge is -2.34. The molecule has 2 atom stereocenters. The molecule has 2 fully saturated rings. The summed E-state index contributed by atoms with van der Waals surface area (Å²) >= 11 is 1.84. The molecule has 0 radical (unpaired) electrons. The van der Waals surface area contributed by atoms with Crippen molar-refractivity contribution in [1.29, 1.82) is 0 Å². The number of nitrogens with zero attached hydrogens (tertiary/aromatic N) is 2. The number of thiophene rings is 1. The van der Waals surface area contributed by atoms with E-state index in [1.807, 2.05) is 29.5 Å². The van der Waals surface area contributed by atoms with Crippen LogP contribution in [0.1, 0.15) is 36.3 Å². The molecule has 0 N–H and O–H groups in total. The standard InChI is InChI=1S/C29H36N2OS/c1-3-7-25(8-4-1)19-31-21-27(29(22-31)26-14-18-33-23-26)20-30-15-11-24(12-16-30)13-17-32-28-9-5-2-6-10-28/h1-10,14,18,23-24,27,29H,11-13,15-17,19-22H2. The topological polar surface area (TPSA) is 15.7 Å². The van der Waals surface area contributed by atoms with Crippen molar-refractivity contribution in [1.82, 2.24) is 9.80 Å². The number of hydrogen-bond donors (Lipinski definition) is 0. The highest BCUT2D eigenvalue weighted by molar-refractivity contribution is 7.08. The summed E-state index contributed by atoms with van der Waals surface area (Å²) in [5.41, 5.74) is 2.98. The van der Waals surface area contributed by atoms with Crippen molar-refractivity contribution in [2.75, 3.05) is 39.3 Å². The third-order valence-corrected chi connectivity index (χ3v) is 8.18. The van der Waals surface area contributed by atoms with Gasteiger partial charge in [0.15, 0.2) is 0 Å². The first-order chi connectivity index (χ1) is 16.3. The molecule has 2 unspecified atom stereocenters. The minimum Gasteiger partial charge on any atom is -0.494 e. The van der Waals surface area contributed by atoms with Gasteiger partial charge in [0.25, 0.3) is 0 Å². The summed E-state index contributed by atoms with van der Waals surface area (Å²) in [5, 5.41) is 4.62. The van der Waals surface area contributed by atoms with Crippen molar-refractivity contribution >= 4 is 11.3 Å². The summed E-state index contributed by atoms with van der Waals surface area (Å²) in [7, 11) is 0. The number of benzene rings is 2. The lowest BCUT2D eigenvalue weighted by atomic mass is 9.88. The molecule has 0 bridgehead atoms. The zero-order valence-corrected chi connectivity index (χ0v) is 20.3. The molecule has 2 aliphatic rings. The number of para-hydroxylation sites is 1. The first kappa shape index (κ1) is 22.6. The SMILES string of the molecule is c1ccc(CN2CC(CN3CCC(CCOc4ccccc4)CC3)C(c3ccsc3)C2)cc1. The molecular formula is C29H36N2OS. The predicted molar refractivity (Wildman–Crippen MR) is 138 cm³/mol. The van der Waals surface area contributed by atoms with Gasteiger partial charge in [-0.05, 0) is 84.3 Å². The molecule has 2 saturated heterocycles. The van der Waals surface area contributed by atoms with Crippen LogP contribution in [0, 0.1) is 11.8 Å². The lowest BCUT2D eigenvalue weighted by molar-refractivity contribution is 0.142. The van der Waals surface area contributed by atoms with Crippen LogP contribution in [0.2, 0.25) is 0 Å². The van der Waals surface area contributed by atoms with Gasteiger partial charge in [-0.15, -0.1) is 0 Å². The average Bonchev–Trinajstić information content (AvgIpc) is 3.52. The minimum atomic E-state index is 0.664. The van der Waals surface area contributed by atoms with Crippen LogP contribution in [0.5, 0.6) is 5.75 Å². The summed E-state index contributed by atoms with van der Waals surface area (Å²) in [6.45, 7) is 8.01. The van der Waals surface area contributed by atoms with E-state index in [4.69, 9.17) is 4.74 Å². The maximum Gasteiger partial charge on any atom is 0.119 e. The fourth-order valence-electron chi connectivity index (χ4n) is 5.63. The quantitative estimate of drug-likeness (QED) is 0.381. The predicted octanol–water partition coefficient (Wildman–Crippen LogP) is 6.14. The Labute approximate surface area is 203 Å². The third-order valence-electron chi connectivity index (χ3n) is 7.47. The van der Waals surface area contributed by atoms with E-state index in [0.29, 0.717) is 5.92 Å². The largest absolute Gasteiger partial charge is 0.494 e. The van der Waals surface area contributed by atoms with Crippen LogP contribution >= 0.6 is 11.3 Å². The van der Waals surface area contributed by atoms with E-state index in [1.165, 1.54) is 57.5 Å². The molecule has 2 aliphatic heterocycles. The van der Waals surface area contributed by atoms with Crippen molar-refractivity contribution in [3.05, 3.63) is 88.6 Å². The van der Waals surface area contributed by atoms with Crippen LogP contribution < -0.4 is 4.74 Å². The molecule has 0 amide bonds. The average molecular weight is 461 g/mol. The molecule has 174 valence electrons. The van der Waals surface area contributed by atoms with E-state index in [1.54, 1.807) is 5.56 Å². The Hall–Kier alpha value is -2.14. The normalized spacial score (nSPS) is 22.5. The smallest absolute Gasteiger partial charge is 0.119 e. The van der Waals surface area contributed by atoms with Crippen molar-refractivity contribution in [2.45, 2.75) is 31.7 Å². The van der Waals surface area contributed by atoms with Crippen molar-refractivity contribution in [3.8, 4) is 5.75 Å². The number of hydrogen-bond acceptors (Lipinski definition) is 4. The monoisotopic (exact) mass is 460 g/mol. The Kier molecular flexibility index (Phi) is 7.77. The van der Waals surface area contributed by atoms with E-state index >= 15 is 0 Å². The van der Waals surface area contributed by atoms with Gasteiger partial charge >= 0.3 is 0 Å². The fourth-order valence-corrected chi connectivity index (χ4v) is 6.35. The Morgan fingerprint density at radius 1 is 0.848 bits per heavy atom. The van der Waals surface area contributed by atoms with Crippen molar-refractivity contribution in [3.63, 3.8) is 0 Å². The van der Waals surface area contributed by atoms with Gasteiger partial charge < -0.3 is 9.64 Å². The van der Waals surface area contributed by atoms with E-state index in [-0.39, 0.29) is 0 Å². The maximum atomic E-state index is 5.94. The molecule has 5 rings (SSSR count). The van der Waals surface area contributed by atoms with Gasteiger partial charge in [0.2, 0.25) is 0 Å². The van der Waals surface area contributed by atoms with Crippen LogP contribution in [0.15, 0.2) is 77.5 Å². The van der Waals surface area contributed by atoms with Gasteiger partial charge in [0.1, 0.15) is 5.75 Å². The molecule has 0 spiro atoms. The summed E-state index contributed by atoms with van der Waals surface area (Å²) in [6, 6.07) is 23.5. The second-order valence-corrected chi connectivity index (χ2v) is 10.6. The highest BCUT2D eigenvalue weighted by atomic mass is 32.1. The number of ether oxygens (including phenoxy) is 1. The highest BCUT2D eigenvalue weighted by Crippen LogP contribution is 2.36. The molecule has 3 nitrogen and oxygen atoms in total. The van der Waals surface area contributed by atoms with Crippen LogP contribution in [-0.4, -0.2) is 49.1 Å². The van der Waals surface area contributed by atoms with Crippen LogP contribution in [-0.2, 0) is 6.54 Å². The van der Waals surface area contributed by atoms with E-state index < -0.39 is 0 Å². The summed E-state index contributed by atoms with van der Waals surface area (Å²) in [4.78, 5) is 5.42. The third kappa shape index (κ3) is 6.26. The van der Waals surface area contributed by atoms with Gasteiger partial charge in [-0.1, -0.05) is 48.5 Å². The molecule has 1 aromatic heterocycles. The van der Waals surface area contributed by atoms with Crippen molar-refractivity contribution in [2.24, 2.45) is 11.8 Å². The second kappa shape index (κ2) is 11.3. The molecule has 2 aromatic carbocycles. The molecule has 3 heterocycles. The van der Waals surface area contributed by atoms with Gasteiger partial charge in [-0.3, -0.25) is 4.90 Å². The Balaban J connectivity index is 1.11. The number of likely N-dealkylation sites (tertiary alicyclic amines) is 2. The summed E-state index contributed by atoms with van der Waals surface area (Å²) in [6.07, 6.45) is 3.79. The van der Waals surface area contributed by atoms with E-state index in [9.17, 15) is 0 Å².